The zero-order valence-electron chi connectivity index (χ0n) is 12.6. The van der Waals surface area contributed by atoms with Crippen molar-refractivity contribution in [1.82, 2.24) is 4.90 Å². The summed E-state index contributed by atoms with van der Waals surface area (Å²) in [5.74, 6) is 3.10. The van der Waals surface area contributed by atoms with Gasteiger partial charge in [0.1, 0.15) is 5.78 Å². The van der Waals surface area contributed by atoms with Crippen LogP contribution in [0.5, 0.6) is 0 Å². The minimum absolute atomic E-state index is 0.267. The third kappa shape index (κ3) is 4.58. The van der Waals surface area contributed by atoms with E-state index in [4.69, 9.17) is 0 Å². The molecule has 0 heterocycles. The first kappa shape index (κ1) is 16.0. The number of thioether (sulfide) groups is 1. The van der Waals surface area contributed by atoms with Crippen molar-refractivity contribution in [1.29, 1.82) is 0 Å². The average molecular weight is 271 g/mol. The van der Waals surface area contributed by atoms with Crippen molar-refractivity contribution in [2.75, 3.05) is 25.6 Å². The number of ketones is 1. The Labute approximate surface area is 117 Å². The molecule has 0 radical (unpaired) electrons. The van der Waals surface area contributed by atoms with Gasteiger partial charge in [0.2, 0.25) is 0 Å². The summed E-state index contributed by atoms with van der Waals surface area (Å²) >= 11 is 1.90. The monoisotopic (exact) mass is 271 g/mol. The highest BCUT2D eigenvalue weighted by atomic mass is 32.2. The van der Waals surface area contributed by atoms with Crippen LogP contribution in [-0.4, -0.2) is 42.3 Å². The second-order valence-corrected chi connectivity index (χ2v) is 7.15. The fourth-order valence-electron chi connectivity index (χ4n) is 2.98. The van der Waals surface area contributed by atoms with Gasteiger partial charge >= 0.3 is 0 Å². The van der Waals surface area contributed by atoms with Gasteiger partial charge in [0.15, 0.2) is 0 Å². The van der Waals surface area contributed by atoms with E-state index in [0.717, 1.165) is 13.0 Å². The molecule has 18 heavy (non-hydrogen) atoms. The minimum atomic E-state index is 0.267. The molecule has 2 nitrogen and oxygen atoms in total. The number of Topliss-reactive ketones (excluding diaryl/α,β-unsaturated/α-hetero) is 1. The molecule has 3 heteroatoms. The van der Waals surface area contributed by atoms with E-state index >= 15 is 0 Å². The number of rotatable bonds is 6. The standard InChI is InChI=1S/C15H29NOS/c1-11-8-12(2)14(15(17)9-11)10-16(4)13(3)6-7-18-5/h11-14H,6-10H2,1-5H3. The summed E-state index contributed by atoms with van der Waals surface area (Å²) in [6, 6.07) is 0.580. The van der Waals surface area contributed by atoms with Crippen LogP contribution < -0.4 is 0 Å². The number of hydrogen-bond donors (Lipinski definition) is 0. The molecule has 1 aliphatic carbocycles. The zero-order valence-corrected chi connectivity index (χ0v) is 13.4. The van der Waals surface area contributed by atoms with Crippen molar-refractivity contribution in [2.45, 2.75) is 46.1 Å². The van der Waals surface area contributed by atoms with Gasteiger partial charge in [-0.2, -0.15) is 11.8 Å². The van der Waals surface area contributed by atoms with Gasteiger partial charge in [0.25, 0.3) is 0 Å². The molecule has 0 aliphatic heterocycles. The van der Waals surface area contributed by atoms with Gasteiger partial charge in [-0.1, -0.05) is 13.8 Å². The van der Waals surface area contributed by atoms with Crippen molar-refractivity contribution in [3.05, 3.63) is 0 Å². The maximum Gasteiger partial charge on any atom is 0.137 e. The van der Waals surface area contributed by atoms with E-state index in [1.807, 2.05) is 11.8 Å². The van der Waals surface area contributed by atoms with Crippen LogP contribution >= 0.6 is 11.8 Å². The molecule has 0 saturated heterocycles. The summed E-state index contributed by atoms with van der Waals surface area (Å²) < 4.78 is 0. The smallest absolute Gasteiger partial charge is 0.137 e. The van der Waals surface area contributed by atoms with E-state index < -0.39 is 0 Å². The quantitative estimate of drug-likeness (QED) is 0.739. The molecular formula is C15H29NOS. The molecule has 106 valence electrons. The van der Waals surface area contributed by atoms with Crippen molar-refractivity contribution >= 4 is 17.5 Å². The van der Waals surface area contributed by atoms with Gasteiger partial charge in [-0.15, -0.1) is 0 Å². The summed E-state index contributed by atoms with van der Waals surface area (Å²) in [6.45, 7) is 7.67. The van der Waals surface area contributed by atoms with Crippen molar-refractivity contribution in [3.8, 4) is 0 Å². The minimum Gasteiger partial charge on any atom is -0.303 e. The average Bonchev–Trinajstić information content (AvgIpc) is 2.30. The lowest BCUT2D eigenvalue weighted by Gasteiger charge is -2.35. The largest absolute Gasteiger partial charge is 0.303 e. The molecule has 0 aromatic rings. The Morgan fingerprint density at radius 2 is 2.11 bits per heavy atom. The first-order valence-corrected chi connectivity index (χ1v) is 8.57. The number of carbonyl (C=O) groups is 1. The molecule has 0 aromatic carbocycles. The highest BCUT2D eigenvalue weighted by Gasteiger charge is 2.33. The van der Waals surface area contributed by atoms with Gasteiger partial charge in [0, 0.05) is 24.9 Å². The lowest BCUT2D eigenvalue weighted by Crippen LogP contribution is -2.42. The van der Waals surface area contributed by atoms with Gasteiger partial charge < -0.3 is 4.90 Å². The molecule has 0 bridgehead atoms. The maximum atomic E-state index is 12.2. The van der Waals surface area contributed by atoms with Crippen molar-refractivity contribution < 1.29 is 4.79 Å². The number of nitrogens with zero attached hydrogens (tertiary/aromatic N) is 1. The highest BCUT2D eigenvalue weighted by Crippen LogP contribution is 2.31. The Kier molecular flexibility index (Phi) is 6.72. The lowest BCUT2D eigenvalue weighted by atomic mass is 9.74. The maximum absolute atomic E-state index is 12.2. The predicted octanol–water partition coefficient (Wildman–Crippen LogP) is 3.31. The van der Waals surface area contributed by atoms with Crippen molar-refractivity contribution in [2.24, 2.45) is 17.8 Å². The van der Waals surface area contributed by atoms with Crippen LogP contribution in [-0.2, 0) is 4.79 Å². The summed E-state index contributed by atoms with van der Waals surface area (Å²) in [7, 11) is 2.17. The molecule has 1 rings (SSSR count). The van der Waals surface area contributed by atoms with E-state index in [2.05, 4.69) is 39.0 Å². The van der Waals surface area contributed by atoms with E-state index in [1.54, 1.807) is 0 Å². The Morgan fingerprint density at radius 3 is 2.67 bits per heavy atom. The number of carbonyl (C=O) groups excluding carboxylic acids is 1. The molecule has 1 fully saturated rings. The summed E-state index contributed by atoms with van der Waals surface area (Å²) in [6.07, 6.45) is 5.37. The fourth-order valence-corrected chi connectivity index (χ4v) is 3.55. The summed E-state index contributed by atoms with van der Waals surface area (Å²) in [5.41, 5.74) is 0. The van der Waals surface area contributed by atoms with Crippen LogP contribution in [0.3, 0.4) is 0 Å². The normalized spacial score (nSPS) is 30.8. The molecule has 0 spiro atoms. The SMILES string of the molecule is CSCCC(C)N(C)CC1C(=O)CC(C)CC1C. The van der Waals surface area contributed by atoms with E-state index in [1.165, 1.54) is 18.6 Å². The van der Waals surface area contributed by atoms with E-state index in [-0.39, 0.29) is 5.92 Å². The molecule has 1 aliphatic rings. The van der Waals surface area contributed by atoms with Gasteiger partial charge in [0.05, 0.1) is 0 Å². The molecule has 4 atom stereocenters. The first-order chi connectivity index (χ1) is 8.45. The van der Waals surface area contributed by atoms with Crippen molar-refractivity contribution in [3.63, 3.8) is 0 Å². The van der Waals surface area contributed by atoms with Crippen LogP contribution in [0.25, 0.3) is 0 Å². The van der Waals surface area contributed by atoms with E-state index in [9.17, 15) is 4.79 Å². The van der Waals surface area contributed by atoms with Crippen LogP contribution in [0.1, 0.15) is 40.0 Å². The zero-order chi connectivity index (χ0) is 13.7. The van der Waals surface area contributed by atoms with Gasteiger partial charge in [-0.25, -0.2) is 0 Å². The molecular weight excluding hydrogens is 242 g/mol. The molecule has 0 aromatic heterocycles. The Hall–Kier alpha value is -0.0200. The lowest BCUT2D eigenvalue weighted by molar-refractivity contribution is -0.128. The Bertz CT molecular complexity index is 269. The Balaban J connectivity index is 2.47. The topological polar surface area (TPSA) is 20.3 Å². The third-order valence-corrected chi connectivity index (χ3v) is 5.05. The molecule has 0 amide bonds. The fraction of sp³-hybridized carbons (Fsp3) is 0.933. The van der Waals surface area contributed by atoms with Crippen LogP contribution in [0.2, 0.25) is 0 Å². The number of hydrogen-bond acceptors (Lipinski definition) is 3. The predicted molar refractivity (Wildman–Crippen MR) is 81.2 cm³/mol. The van der Waals surface area contributed by atoms with Gasteiger partial charge in [-0.3, -0.25) is 4.79 Å². The molecule has 1 saturated carbocycles. The second-order valence-electron chi connectivity index (χ2n) is 6.17. The van der Waals surface area contributed by atoms with E-state index in [0.29, 0.717) is 23.7 Å². The second kappa shape index (κ2) is 7.54. The van der Waals surface area contributed by atoms with Crippen LogP contribution in [0.15, 0.2) is 0 Å². The highest BCUT2D eigenvalue weighted by molar-refractivity contribution is 7.98. The molecule has 0 N–H and O–H groups in total. The summed E-state index contributed by atoms with van der Waals surface area (Å²) in [5, 5.41) is 0. The molecule has 4 unspecified atom stereocenters. The van der Waals surface area contributed by atoms with Gasteiger partial charge in [-0.05, 0) is 50.7 Å². The van der Waals surface area contributed by atoms with Crippen LogP contribution in [0, 0.1) is 17.8 Å². The van der Waals surface area contributed by atoms with Crippen LogP contribution in [0.4, 0.5) is 0 Å². The summed E-state index contributed by atoms with van der Waals surface area (Å²) in [4.78, 5) is 14.5. The Morgan fingerprint density at radius 1 is 1.44 bits per heavy atom. The third-order valence-electron chi connectivity index (χ3n) is 4.40. The first-order valence-electron chi connectivity index (χ1n) is 7.17.